The zero-order valence-electron chi connectivity index (χ0n) is 10.4. The van der Waals surface area contributed by atoms with E-state index in [0.29, 0.717) is 16.5 Å². The number of ether oxygens (including phenoxy) is 1. The summed E-state index contributed by atoms with van der Waals surface area (Å²) >= 11 is 1.19. The highest BCUT2D eigenvalue weighted by molar-refractivity contribution is 7.11. The van der Waals surface area contributed by atoms with Crippen LogP contribution in [0.5, 0.6) is 0 Å². The summed E-state index contributed by atoms with van der Waals surface area (Å²) in [6.07, 6.45) is 2.20. The third-order valence-corrected chi connectivity index (χ3v) is 3.17. The molecule has 0 unspecified atom stereocenters. The number of hydrogen-bond donors (Lipinski definition) is 2. The van der Waals surface area contributed by atoms with Crippen LogP contribution in [0.2, 0.25) is 0 Å². The molecule has 0 aliphatic rings. The molecule has 0 aliphatic heterocycles. The minimum atomic E-state index is -0.442. The quantitative estimate of drug-likeness (QED) is 0.604. The third-order valence-electron chi connectivity index (χ3n) is 2.35. The average molecular weight is 257 g/mol. The van der Waals surface area contributed by atoms with Gasteiger partial charge in [-0.05, 0) is 30.3 Å². The Morgan fingerprint density at radius 2 is 2.29 bits per heavy atom. The maximum Gasteiger partial charge on any atom is 0.344 e. The molecule has 1 heterocycles. The Labute approximate surface area is 106 Å². The first kappa shape index (κ1) is 13.8. The van der Waals surface area contributed by atoms with E-state index in [0.717, 1.165) is 19.4 Å². The summed E-state index contributed by atoms with van der Waals surface area (Å²) in [4.78, 5) is 11.5. The lowest BCUT2D eigenvalue weighted by Crippen LogP contribution is -2.09. The van der Waals surface area contributed by atoms with Gasteiger partial charge in [-0.3, -0.25) is 0 Å². The first-order valence-electron chi connectivity index (χ1n) is 5.63. The van der Waals surface area contributed by atoms with Gasteiger partial charge in [0, 0.05) is 6.54 Å². The van der Waals surface area contributed by atoms with Crippen molar-refractivity contribution in [1.29, 1.82) is 0 Å². The predicted molar refractivity (Wildman–Crippen MR) is 70.4 cm³/mol. The van der Waals surface area contributed by atoms with Crippen molar-refractivity contribution in [3.05, 3.63) is 5.56 Å². The number of nitrogens with one attached hydrogen (secondary N) is 1. The molecular formula is C11H19N3O2S. The van der Waals surface area contributed by atoms with Crippen molar-refractivity contribution < 1.29 is 9.53 Å². The van der Waals surface area contributed by atoms with E-state index in [4.69, 9.17) is 5.73 Å². The fourth-order valence-electron chi connectivity index (χ4n) is 1.43. The van der Waals surface area contributed by atoms with Crippen molar-refractivity contribution in [2.75, 3.05) is 24.7 Å². The number of esters is 1. The fourth-order valence-corrected chi connectivity index (χ4v) is 2.16. The van der Waals surface area contributed by atoms with Gasteiger partial charge in [0.15, 0.2) is 5.82 Å². The number of carbonyl (C=O) groups excluding carboxylic acids is 1. The van der Waals surface area contributed by atoms with Crippen LogP contribution in [0.15, 0.2) is 0 Å². The van der Waals surface area contributed by atoms with Gasteiger partial charge in [-0.1, -0.05) is 13.8 Å². The predicted octanol–water partition coefficient (Wildman–Crippen LogP) is 2.36. The van der Waals surface area contributed by atoms with Crippen molar-refractivity contribution in [2.45, 2.75) is 26.7 Å². The van der Waals surface area contributed by atoms with Crippen LogP contribution in [-0.2, 0) is 4.74 Å². The molecule has 0 fully saturated rings. The molecule has 17 heavy (non-hydrogen) atoms. The minimum Gasteiger partial charge on any atom is -0.465 e. The van der Waals surface area contributed by atoms with Gasteiger partial charge in [0.05, 0.1) is 7.11 Å². The zero-order valence-corrected chi connectivity index (χ0v) is 11.3. The molecule has 1 aromatic heterocycles. The van der Waals surface area contributed by atoms with Crippen LogP contribution in [-0.4, -0.2) is 24.0 Å². The molecule has 1 aromatic rings. The summed E-state index contributed by atoms with van der Waals surface area (Å²) in [5.41, 5.74) is 5.98. The largest absolute Gasteiger partial charge is 0.465 e. The number of anilines is 2. The van der Waals surface area contributed by atoms with Gasteiger partial charge < -0.3 is 15.8 Å². The maximum absolute atomic E-state index is 11.5. The van der Waals surface area contributed by atoms with Crippen LogP contribution in [0.25, 0.3) is 0 Å². The first-order chi connectivity index (χ1) is 8.06. The highest BCUT2D eigenvalue weighted by Crippen LogP contribution is 2.27. The van der Waals surface area contributed by atoms with E-state index in [2.05, 4.69) is 28.3 Å². The Kier molecular flexibility index (Phi) is 5.21. The lowest BCUT2D eigenvalue weighted by Gasteiger charge is -2.07. The number of nitrogens with two attached hydrogens (primary N) is 1. The van der Waals surface area contributed by atoms with Gasteiger partial charge in [-0.25, -0.2) is 4.79 Å². The Bertz CT molecular complexity index is 377. The smallest absolute Gasteiger partial charge is 0.344 e. The van der Waals surface area contributed by atoms with Crippen LogP contribution in [0.3, 0.4) is 0 Å². The summed E-state index contributed by atoms with van der Waals surface area (Å²) in [5, 5.41) is 3.87. The van der Waals surface area contributed by atoms with Gasteiger partial charge in [0.1, 0.15) is 10.6 Å². The van der Waals surface area contributed by atoms with Gasteiger partial charge >= 0.3 is 5.97 Å². The van der Waals surface area contributed by atoms with E-state index in [1.807, 2.05) is 0 Å². The summed E-state index contributed by atoms with van der Waals surface area (Å²) in [7, 11) is 1.34. The van der Waals surface area contributed by atoms with Crippen LogP contribution >= 0.6 is 11.5 Å². The minimum absolute atomic E-state index is 0.230. The molecule has 0 amide bonds. The highest BCUT2D eigenvalue weighted by atomic mass is 32.1. The number of hydrogen-bond acceptors (Lipinski definition) is 6. The van der Waals surface area contributed by atoms with Crippen molar-refractivity contribution in [2.24, 2.45) is 5.92 Å². The summed E-state index contributed by atoms with van der Waals surface area (Å²) in [6, 6.07) is 0. The standard InChI is InChI=1S/C11H19N3O2S/c1-7(2)5-4-6-13-10-8(11(15)16-3)9(12)14-17-10/h7,13H,4-6H2,1-3H3,(H2,12,14). The van der Waals surface area contributed by atoms with E-state index >= 15 is 0 Å². The average Bonchev–Trinajstić information content (AvgIpc) is 2.65. The molecule has 96 valence electrons. The molecule has 0 saturated carbocycles. The van der Waals surface area contributed by atoms with E-state index in [-0.39, 0.29) is 5.82 Å². The Balaban J connectivity index is 2.56. The third kappa shape index (κ3) is 3.89. The molecule has 0 saturated heterocycles. The molecule has 0 spiro atoms. The molecule has 1 rings (SSSR count). The summed E-state index contributed by atoms with van der Waals surface area (Å²) < 4.78 is 8.62. The van der Waals surface area contributed by atoms with E-state index < -0.39 is 5.97 Å². The normalized spacial score (nSPS) is 10.6. The van der Waals surface area contributed by atoms with Gasteiger partial charge in [-0.15, -0.1) is 0 Å². The summed E-state index contributed by atoms with van der Waals surface area (Å²) in [5.74, 6) is 0.472. The second kappa shape index (κ2) is 6.44. The number of nitrogen functional groups attached to an aromatic ring is 1. The number of methoxy groups -OCH3 is 1. The Morgan fingerprint density at radius 3 is 2.88 bits per heavy atom. The van der Waals surface area contributed by atoms with Crippen LogP contribution in [0.1, 0.15) is 37.0 Å². The molecule has 0 bridgehead atoms. The Morgan fingerprint density at radius 1 is 1.59 bits per heavy atom. The molecule has 5 nitrogen and oxygen atoms in total. The second-order valence-corrected chi connectivity index (χ2v) is 5.00. The fraction of sp³-hybridized carbons (Fsp3) is 0.636. The second-order valence-electron chi connectivity index (χ2n) is 4.23. The molecule has 0 atom stereocenters. The molecular weight excluding hydrogens is 238 g/mol. The van der Waals surface area contributed by atoms with Gasteiger partial charge in [-0.2, -0.15) is 4.37 Å². The van der Waals surface area contributed by atoms with Crippen LogP contribution in [0, 0.1) is 5.92 Å². The van der Waals surface area contributed by atoms with Crippen molar-refractivity contribution in [3.63, 3.8) is 0 Å². The molecule has 0 aromatic carbocycles. The Hall–Kier alpha value is -1.30. The van der Waals surface area contributed by atoms with E-state index in [1.54, 1.807) is 0 Å². The van der Waals surface area contributed by atoms with Crippen LogP contribution in [0.4, 0.5) is 10.8 Å². The van der Waals surface area contributed by atoms with Gasteiger partial charge in [0.25, 0.3) is 0 Å². The monoisotopic (exact) mass is 257 g/mol. The lowest BCUT2D eigenvalue weighted by atomic mass is 10.1. The topological polar surface area (TPSA) is 77.2 Å². The maximum atomic E-state index is 11.5. The number of nitrogens with zero attached hydrogens (tertiary/aromatic N) is 1. The SMILES string of the molecule is COC(=O)c1c(N)nsc1NCCCC(C)C. The van der Waals surface area contributed by atoms with Gasteiger partial charge in [0.2, 0.25) is 0 Å². The van der Waals surface area contributed by atoms with E-state index in [1.165, 1.54) is 18.6 Å². The van der Waals surface area contributed by atoms with Crippen LogP contribution < -0.4 is 11.1 Å². The van der Waals surface area contributed by atoms with Crippen molar-refractivity contribution >= 4 is 28.3 Å². The number of rotatable bonds is 6. The molecule has 0 radical (unpaired) electrons. The van der Waals surface area contributed by atoms with Crippen molar-refractivity contribution in [1.82, 2.24) is 4.37 Å². The summed E-state index contributed by atoms with van der Waals surface area (Å²) in [6.45, 7) is 5.18. The lowest BCUT2D eigenvalue weighted by molar-refractivity contribution is 0.0603. The molecule has 6 heteroatoms. The highest BCUT2D eigenvalue weighted by Gasteiger charge is 2.19. The van der Waals surface area contributed by atoms with E-state index in [9.17, 15) is 4.79 Å². The molecule has 3 N–H and O–H groups in total. The number of aromatic nitrogens is 1. The number of carbonyl (C=O) groups is 1. The first-order valence-corrected chi connectivity index (χ1v) is 6.41. The van der Waals surface area contributed by atoms with Crippen molar-refractivity contribution in [3.8, 4) is 0 Å². The zero-order chi connectivity index (χ0) is 12.8. The molecule has 0 aliphatic carbocycles.